The van der Waals surface area contributed by atoms with Gasteiger partial charge in [0.25, 0.3) is 0 Å². The molecule has 2 aromatic carbocycles. The van der Waals surface area contributed by atoms with Crippen LogP contribution in [0.5, 0.6) is 0 Å². The van der Waals surface area contributed by atoms with Gasteiger partial charge in [-0.1, -0.05) is 87.4 Å². The lowest BCUT2D eigenvalue weighted by atomic mass is 10.1. The van der Waals surface area contributed by atoms with Gasteiger partial charge in [-0.05, 0) is 25.0 Å². The predicted octanol–water partition coefficient (Wildman–Crippen LogP) is 6.20. The summed E-state index contributed by atoms with van der Waals surface area (Å²) in [4.78, 5) is 0. The van der Waals surface area contributed by atoms with E-state index in [9.17, 15) is 0 Å². The predicted molar refractivity (Wildman–Crippen MR) is 109 cm³/mol. The summed E-state index contributed by atoms with van der Waals surface area (Å²) < 4.78 is 0. The minimum absolute atomic E-state index is 0.822. The van der Waals surface area contributed by atoms with Gasteiger partial charge in [-0.2, -0.15) is 10.2 Å². The Labute approximate surface area is 148 Å². The van der Waals surface area contributed by atoms with E-state index in [1.807, 2.05) is 40.1 Å². The molecule has 0 saturated carbocycles. The highest BCUT2D eigenvalue weighted by molar-refractivity contribution is 5.65. The number of rotatable bonds is 5. The van der Waals surface area contributed by atoms with Gasteiger partial charge < -0.3 is 0 Å². The Bertz CT molecular complexity index is 523. The molecular formula is C22H32N2. The topological polar surface area (TPSA) is 24.7 Å². The summed E-state index contributed by atoms with van der Waals surface area (Å²) in [6.07, 6.45) is 5.33. The van der Waals surface area contributed by atoms with Gasteiger partial charge in [0.05, 0.1) is 0 Å². The van der Waals surface area contributed by atoms with Gasteiger partial charge in [0.1, 0.15) is 0 Å². The molecule has 0 bridgehead atoms. The van der Waals surface area contributed by atoms with Crippen LogP contribution in [0.3, 0.4) is 0 Å². The van der Waals surface area contributed by atoms with Crippen molar-refractivity contribution in [1.82, 2.24) is 0 Å². The number of nitrogens with zero attached hydrogens (tertiary/aromatic N) is 2. The summed E-state index contributed by atoms with van der Waals surface area (Å²) in [5, 5.41) is 8.13. The zero-order chi connectivity index (χ0) is 18.2. The first kappa shape index (κ1) is 21.8. The molecule has 0 atom stereocenters. The van der Waals surface area contributed by atoms with E-state index >= 15 is 0 Å². The van der Waals surface area contributed by atoms with Crippen molar-refractivity contribution in [3.63, 3.8) is 0 Å². The number of aryl methyl sites for hydroxylation is 2. The normalized spacial score (nSPS) is 10.1. The van der Waals surface area contributed by atoms with Crippen LogP contribution in [-0.2, 0) is 12.8 Å². The molecule has 0 aliphatic carbocycles. The van der Waals surface area contributed by atoms with E-state index in [1.165, 1.54) is 22.3 Å². The fourth-order valence-electron chi connectivity index (χ4n) is 1.84. The molecule has 0 spiro atoms. The molecule has 0 aliphatic heterocycles. The van der Waals surface area contributed by atoms with Crippen LogP contribution in [0.15, 0.2) is 58.7 Å². The zero-order valence-electron chi connectivity index (χ0n) is 16.1. The third-order valence-corrected chi connectivity index (χ3v) is 3.13. The molecular weight excluding hydrogens is 292 g/mol. The lowest BCUT2D eigenvalue weighted by Gasteiger charge is -1.96. The SMILES string of the molecule is CC.CC.Cc1ccc(C/C=N/N=C/Cc2ccc(C)cc2)cc1. The molecule has 0 unspecified atom stereocenters. The quantitative estimate of drug-likeness (QED) is 0.462. The average Bonchev–Trinajstić information content (AvgIpc) is 2.64. The second kappa shape index (κ2) is 14.4. The van der Waals surface area contributed by atoms with Crippen molar-refractivity contribution < 1.29 is 0 Å². The summed E-state index contributed by atoms with van der Waals surface area (Å²) >= 11 is 0. The summed E-state index contributed by atoms with van der Waals surface area (Å²) in [7, 11) is 0. The van der Waals surface area contributed by atoms with Gasteiger partial charge in [-0.15, -0.1) is 0 Å². The lowest BCUT2D eigenvalue weighted by molar-refractivity contribution is 1.20. The van der Waals surface area contributed by atoms with E-state index in [0.29, 0.717) is 0 Å². The Morgan fingerprint density at radius 1 is 0.583 bits per heavy atom. The maximum atomic E-state index is 4.07. The Kier molecular flexibility index (Phi) is 13.0. The minimum Gasteiger partial charge on any atom is -0.164 e. The maximum absolute atomic E-state index is 4.07. The average molecular weight is 325 g/mol. The highest BCUT2D eigenvalue weighted by Crippen LogP contribution is 2.03. The molecule has 2 heteroatoms. The Morgan fingerprint density at radius 2 is 0.875 bits per heavy atom. The molecule has 2 aromatic rings. The first-order valence-corrected chi connectivity index (χ1v) is 8.88. The van der Waals surface area contributed by atoms with Crippen molar-refractivity contribution in [2.75, 3.05) is 0 Å². The van der Waals surface area contributed by atoms with Crippen LogP contribution in [0.1, 0.15) is 49.9 Å². The molecule has 24 heavy (non-hydrogen) atoms. The van der Waals surface area contributed by atoms with Crippen LogP contribution in [0.4, 0.5) is 0 Å². The van der Waals surface area contributed by atoms with E-state index in [1.54, 1.807) is 0 Å². The molecule has 0 aliphatic rings. The summed E-state index contributed by atoms with van der Waals surface area (Å²) in [5.74, 6) is 0. The fourth-order valence-corrected chi connectivity index (χ4v) is 1.84. The summed E-state index contributed by atoms with van der Waals surface area (Å²) in [6.45, 7) is 12.2. The van der Waals surface area contributed by atoms with Crippen LogP contribution in [0.2, 0.25) is 0 Å². The molecule has 2 nitrogen and oxygen atoms in total. The standard InChI is InChI=1S/C18H20N2.2C2H6/c1-15-3-7-17(8-4-15)11-13-19-20-14-12-18-9-5-16(2)6-10-18;2*1-2/h3-10,13-14H,11-12H2,1-2H3;2*1-2H3/b19-13+,20-14+;;. The fraction of sp³-hybridized carbons (Fsp3) is 0.364. The van der Waals surface area contributed by atoms with Crippen LogP contribution in [0, 0.1) is 13.8 Å². The van der Waals surface area contributed by atoms with Gasteiger partial charge in [0.15, 0.2) is 0 Å². The Balaban J connectivity index is 0.00000123. The van der Waals surface area contributed by atoms with Crippen molar-refractivity contribution in [2.45, 2.75) is 54.4 Å². The molecule has 0 heterocycles. The van der Waals surface area contributed by atoms with Crippen molar-refractivity contribution in [2.24, 2.45) is 10.2 Å². The zero-order valence-corrected chi connectivity index (χ0v) is 16.1. The molecule has 0 fully saturated rings. The summed E-state index contributed by atoms with van der Waals surface area (Å²) in [5.41, 5.74) is 5.07. The minimum atomic E-state index is 0.822. The molecule has 0 N–H and O–H groups in total. The Morgan fingerprint density at radius 3 is 1.17 bits per heavy atom. The summed E-state index contributed by atoms with van der Waals surface area (Å²) in [6, 6.07) is 16.9. The van der Waals surface area contributed by atoms with Crippen molar-refractivity contribution >= 4 is 12.4 Å². The second-order valence-corrected chi connectivity index (χ2v) is 4.98. The largest absolute Gasteiger partial charge is 0.164 e. The van der Waals surface area contributed by atoms with Gasteiger partial charge >= 0.3 is 0 Å². The number of hydrogen-bond donors (Lipinski definition) is 0. The number of hydrogen-bond acceptors (Lipinski definition) is 2. The Hall–Kier alpha value is -2.22. The first-order chi connectivity index (χ1) is 11.7. The van der Waals surface area contributed by atoms with Gasteiger partial charge in [0.2, 0.25) is 0 Å². The highest BCUT2D eigenvalue weighted by atomic mass is 15.2. The molecule has 2 rings (SSSR count). The van der Waals surface area contributed by atoms with Gasteiger partial charge in [-0.3, -0.25) is 0 Å². The third kappa shape index (κ3) is 9.73. The van der Waals surface area contributed by atoms with Gasteiger partial charge in [-0.25, -0.2) is 0 Å². The van der Waals surface area contributed by atoms with E-state index in [2.05, 4.69) is 72.6 Å². The van der Waals surface area contributed by atoms with E-state index in [4.69, 9.17) is 0 Å². The van der Waals surface area contributed by atoms with E-state index in [0.717, 1.165) is 12.8 Å². The highest BCUT2D eigenvalue weighted by Gasteiger charge is 1.90. The third-order valence-electron chi connectivity index (χ3n) is 3.13. The molecule has 0 amide bonds. The van der Waals surface area contributed by atoms with E-state index in [-0.39, 0.29) is 0 Å². The smallest absolute Gasteiger partial charge is 0.0313 e. The first-order valence-electron chi connectivity index (χ1n) is 8.88. The monoisotopic (exact) mass is 324 g/mol. The second-order valence-electron chi connectivity index (χ2n) is 4.98. The molecule has 0 aromatic heterocycles. The number of benzene rings is 2. The lowest BCUT2D eigenvalue weighted by Crippen LogP contribution is -1.87. The van der Waals surface area contributed by atoms with Crippen LogP contribution in [0.25, 0.3) is 0 Å². The van der Waals surface area contributed by atoms with Crippen molar-refractivity contribution in [3.8, 4) is 0 Å². The molecule has 130 valence electrons. The molecule has 0 saturated heterocycles. The van der Waals surface area contributed by atoms with Crippen molar-refractivity contribution in [1.29, 1.82) is 0 Å². The van der Waals surface area contributed by atoms with Crippen LogP contribution in [-0.4, -0.2) is 12.4 Å². The maximum Gasteiger partial charge on any atom is 0.0313 e. The molecule has 0 radical (unpaired) electrons. The van der Waals surface area contributed by atoms with Crippen LogP contribution >= 0.6 is 0 Å². The van der Waals surface area contributed by atoms with Gasteiger partial charge in [0, 0.05) is 25.3 Å². The van der Waals surface area contributed by atoms with Crippen LogP contribution < -0.4 is 0 Å². The van der Waals surface area contributed by atoms with Crippen molar-refractivity contribution in [3.05, 3.63) is 70.8 Å². The van der Waals surface area contributed by atoms with E-state index < -0.39 is 0 Å².